The van der Waals surface area contributed by atoms with Crippen LogP contribution in [0.5, 0.6) is 0 Å². The quantitative estimate of drug-likeness (QED) is 0.633. The zero-order valence-electron chi connectivity index (χ0n) is 13.1. The van der Waals surface area contributed by atoms with Crippen molar-refractivity contribution < 1.29 is 4.79 Å². The molecule has 23 heavy (non-hydrogen) atoms. The van der Waals surface area contributed by atoms with Crippen LogP contribution >= 0.6 is 0 Å². The maximum absolute atomic E-state index is 11.1. The van der Waals surface area contributed by atoms with Crippen LogP contribution in [-0.2, 0) is 4.79 Å². The Hall–Kier alpha value is -3.08. The third kappa shape index (κ3) is 2.81. The van der Waals surface area contributed by atoms with Gasteiger partial charge in [0.25, 0.3) is 0 Å². The molecular formula is C18H18N4O. The van der Waals surface area contributed by atoms with Crippen molar-refractivity contribution in [3.63, 3.8) is 0 Å². The normalized spacial score (nSPS) is 10.7. The van der Waals surface area contributed by atoms with Gasteiger partial charge < -0.3 is 16.8 Å². The minimum absolute atomic E-state index is 0.102. The summed E-state index contributed by atoms with van der Waals surface area (Å²) < 4.78 is 0. The summed E-state index contributed by atoms with van der Waals surface area (Å²) in [6.45, 7) is 3.37. The third-order valence-corrected chi connectivity index (χ3v) is 3.73. The highest BCUT2D eigenvalue weighted by Gasteiger charge is 2.12. The number of hydrogen-bond acceptors (Lipinski definition) is 4. The predicted molar refractivity (Wildman–Crippen MR) is 95.0 cm³/mol. The highest BCUT2D eigenvalue weighted by atomic mass is 16.1. The number of nitrogens with one attached hydrogen (secondary N) is 1. The number of rotatable bonds is 2. The van der Waals surface area contributed by atoms with E-state index in [1.54, 1.807) is 0 Å². The number of anilines is 3. The molecule has 3 rings (SSSR count). The fourth-order valence-corrected chi connectivity index (χ4v) is 2.65. The van der Waals surface area contributed by atoms with Crippen molar-refractivity contribution in [2.75, 3.05) is 16.8 Å². The van der Waals surface area contributed by atoms with E-state index in [-0.39, 0.29) is 5.91 Å². The first-order valence-corrected chi connectivity index (χ1v) is 7.29. The summed E-state index contributed by atoms with van der Waals surface area (Å²) in [6.07, 6.45) is 0. The lowest BCUT2D eigenvalue weighted by molar-refractivity contribution is -0.114. The van der Waals surface area contributed by atoms with E-state index in [9.17, 15) is 4.79 Å². The van der Waals surface area contributed by atoms with Crippen LogP contribution in [0, 0.1) is 6.92 Å². The van der Waals surface area contributed by atoms with Crippen molar-refractivity contribution in [1.29, 1.82) is 0 Å². The van der Waals surface area contributed by atoms with E-state index < -0.39 is 0 Å². The van der Waals surface area contributed by atoms with Gasteiger partial charge in [-0.1, -0.05) is 12.1 Å². The fourth-order valence-electron chi connectivity index (χ4n) is 2.65. The van der Waals surface area contributed by atoms with Crippen LogP contribution in [0.2, 0.25) is 0 Å². The summed E-state index contributed by atoms with van der Waals surface area (Å²) in [4.78, 5) is 15.6. The molecule has 0 fully saturated rings. The Kier molecular flexibility index (Phi) is 3.62. The van der Waals surface area contributed by atoms with E-state index in [0.29, 0.717) is 11.4 Å². The number of carbonyl (C=O) groups excluding carboxylic acids is 1. The zero-order chi connectivity index (χ0) is 16.6. The molecule has 1 heterocycles. The minimum Gasteiger partial charge on any atom is -0.399 e. The van der Waals surface area contributed by atoms with Gasteiger partial charge in [-0.3, -0.25) is 9.78 Å². The molecule has 0 unspecified atom stereocenters. The number of aromatic nitrogens is 1. The Bertz CT molecular complexity index is 901. The van der Waals surface area contributed by atoms with Crippen molar-refractivity contribution in [2.24, 2.45) is 0 Å². The molecule has 0 radical (unpaired) electrons. The summed E-state index contributed by atoms with van der Waals surface area (Å²) in [7, 11) is 0. The van der Waals surface area contributed by atoms with Crippen LogP contribution in [0.3, 0.4) is 0 Å². The lowest BCUT2D eigenvalue weighted by Gasteiger charge is -2.13. The molecule has 1 aromatic heterocycles. The molecule has 1 amide bonds. The van der Waals surface area contributed by atoms with Gasteiger partial charge in [-0.2, -0.15) is 0 Å². The van der Waals surface area contributed by atoms with Crippen LogP contribution in [0.4, 0.5) is 17.1 Å². The Morgan fingerprint density at radius 1 is 1.09 bits per heavy atom. The third-order valence-electron chi connectivity index (χ3n) is 3.73. The highest BCUT2D eigenvalue weighted by molar-refractivity contribution is 6.02. The number of aryl methyl sites for hydroxylation is 1. The molecule has 5 N–H and O–H groups in total. The number of nitrogens with zero attached hydrogens (tertiary/aromatic N) is 1. The molecule has 2 aromatic carbocycles. The molecule has 0 saturated heterocycles. The molecule has 0 spiro atoms. The van der Waals surface area contributed by atoms with Gasteiger partial charge >= 0.3 is 0 Å². The van der Waals surface area contributed by atoms with Gasteiger partial charge in [-0.15, -0.1) is 0 Å². The monoisotopic (exact) mass is 306 g/mol. The van der Waals surface area contributed by atoms with Gasteiger partial charge in [0, 0.05) is 29.2 Å². The van der Waals surface area contributed by atoms with Crippen molar-refractivity contribution in [3.8, 4) is 11.1 Å². The molecule has 0 bridgehead atoms. The standard InChI is InChI=1S/C18H18N4O/c1-10-18(20)17(15-9-13(19)5-8-16(15)21-10)12-3-6-14(7-4-12)22-11(2)23/h3-9H,19-20H2,1-2H3,(H,22,23). The van der Waals surface area contributed by atoms with Crippen LogP contribution in [0.1, 0.15) is 12.6 Å². The molecular weight excluding hydrogens is 288 g/mol. The number of nitrogen functional groups attached to an aromatic ring is 2. The number of benzene rings is 2. The summed E-state index contributed by atoms with van der Waals surface area (Å²) in [5.74, 6) is -0.102. The molecule has 5 nitrogen and oxygen atoms in total. The number of pyridine rings is 1. The summed E-state index contributed by atoms with van der Waals surface area (Å²) in [6, 6.07) is 13.2. The van der Waals surface area contributed by atoms with E-state index in [0.717, 1.165) is 33.4 Å². The number of amides is 1. The van der Waals surface area contributed by atoms with Gasteiger partial charge in [0.05, 0.1) is 16.9 Å². The highest BCUT2D eigenvalue weighted by Crippen LogP contribution is 2.36. The van der Waals surface area contributed by atoms with E-state index in [1.165, 1.54) is 6.92 Å². The van der Waals surface area contributed by atoms with E-state index in [2.05, 4.69) is 10.3 Å². The topological polar surface area (TPSA) is 94.0 Å². The van der Waals surface area contributed by atoms with Crippen LogP contribution in [0.25, 0.3) is 22.0 Å². The number of nitrogens with two attached hydrogens (primary N) is 2. The predicted octanol–water partition coefficient (Wildman–Crippen LogP) is 3.33. The molecule has 5 heteroatoms. The first-order valence-electron chi connectivity index (χ1n) is 7.29. The van der Waals surface area contributed by atoms with Crippen molar-refractivity contribution in [3.05, 3.63) is 48.2 Å². The van der Waals surface area contributed by atoms with Crippen LogP contribution in [0.15, 0.2) is 42.5 Å². The first-order chi connectivity index (χ1) is 11.0. The minimum atomic E-state index is -0.102. The van der Waals surface area contributed by atoms with E-state index in [4.69, 9.17) is 11.5 Å². The SMILES string of the molecule is CC(=O)Nc1ccc(-c2c(N)c(C)nc3ccc(N)cc23)cc1. The summed E-state index contributed by atoms with van der Waals surface area (Å²) in [5, 5.41) is 3.67. The van der Waals surface area contributed by atoms with Crippen molar-refractivity contribution in [2.45, 2.75) is 13.8 Å². The van der Waals surface area contributed by atoms with Crippen molar-refractivity contribution in [1.82, 2.24) is 4.98 Å². The second-order valence-corrected chi connectivity index (χ2v) is 5.52. The van der Waals surface area contributed by atoms with Gasteiger partial charge in [0.1, 0.15) is 0 Å². The van der Waals surface area contributed by atoms with Gasteiger partial charge in [0.2, 0.25) is 5.91 Å². The molecule has 116 valence electrons. The van der Waals surface area contributed by atoms with Gasteiger partial charge in [-0.05, 0) is 42.8 Å². The summed E-state index contributed by atoms with van der Waals surface area (Å²) >= 11 is 0. The lowest BCUT2D eigenvalue weighted by atomic mass is 9.97. The molecule has 0 saturated carbocycles. The van der Waals surface area contributed by atoms with E-state index >= 15 is 0 Å². The van der Waals surface area contributed by atoms with Crippen LogP contribution in [-0.4, -0.2) is 10.9 Å². The van der Waals surface area contributed by atoms with Crippen LogP contribution < -0.4 is 16.8 Å². The second kappa shape index (κ2) is 5.61. The number of carbonyl (C=O) groups is 1. The maximum Gasteiger partial charge on any atom is 0.221 e. The molecule has 0 atom stereocenters. The zero-order valence-corrected chi connectivity index (χ0v) is 13.1. The maximum atomic E-state index is 11.1. The Morgan fingerprint density at radius 3 is 2.43 bits per heavy atom. The average molecular weight is 306 g/mol. The molecule has 0 aliphatic rings. The molecule has 0 aliphatic heterocycles. The van der Waals surface area contributed by atoms with E-state index in [1.807, 2.05) is 49.4 Å². The number of fused-ring (bicyclic) bond motifs is 1. The average Bonchev–Trinajstić information content (AvgIpc) is 2.50. The Labute approximate surface area is 134 Å². The van der Waals surface area contributed by atoms with Crippen molar-refractivity contribution >= 4 is 33.9 Å². The van der Waals surface area contributed by atoms with Gasteiger partial charge in [0.15, 0.2) is 0 Å². The van der Waals surface area contributed by atoms with Gasteiger partial charge in [-0.25, -0.2) is 0 Å². The fraction of sp³-hybridized carbons (Fsp3) is 0.111. The Morgan fingerprint density at radius 2 is 1.78 bits per heavy atom. The first kappa shape index (κ1) is 14.8. The number of hydrogen-bond donors (Lipinski definition) is 3. The Balaban J connectivity index is 2.20. The molecule has 0 aliphatic carbocycles. The summed E-state index contributed by atoms with van der Waals surface area (Å²) in [5.41, 5.74) is 17.7. The molecule has 3 aromatic rings. The lowest BCUT2D eigenvalue weighted by Crippen LogP contribution is -2.05. The second-order valence-electron chi connectivity index (χ2n) is 5.52. The smallest absolute Gasteiger partial charge is 0.221 e. The largest absolute Gasteiger partial charge is 0.399 e.